The van der Waals surface area contributed by atoms with Crippen LogP contribution in [0, 0.1) is 13.8 Å². The Morgan fingerprint density at radius 2 is 1.63 bits per heavy atom. The van der Waals surface area contributed by atoms with Crippen LogP contribution >= 0.6 is 0 Å². The number of anilines is 2. The van der Waals surface area contributed by atoms with Gasteiger partial charge in [0, 0.05) is 0 Å². The molecule has 2 aromatic rings. The van der Waals surface area contributed by atoms with Gasteiger partial charge in [-0.1, -0.05) is 44.2 Å². The van der Waals surface area contributed by atoms with Crippen LogP contribution < -0.4 is 16.0 Å². The summed E-state index contributed by atoms with van der Waals surface area (Å²) in [5, 5.41) is 10.9. The summed E-state index contributed by atoms with van der Waals surface area (Å²) in [7, 11) is 0. The smallest absolute Gasteiger partial charge is 0.127 e. The highest BCUT2D eigenvalue weighted by Gasteiger charge is 2.40. The largest absolute Gasteiger partial charge is 0.371 e. The average Bonchev–Trinajstić information content (AvgIpc) is 2.71. The van der Waals surface area contributed by atoms with E-state index in [1.807, 2.05) is 13.8 Å². The zero-order valence-corrected chi connectivity index (χ0v) is 17.0. The van der Waals surface area contributed by atoms with E-state index in [0.717, 1.165) is 44.0 Å². The van der Waals surface area contributed by atoms with E-state index in [9.17, 15) is 0 Å². The molecule has 4 rings (SSSR count). The highest BCUT2D eigenvalue weighted by Crippen LogP contribution is 2.35. The van der Waals surface area contributed by atoms with Crippen LogP contribution in [-0.4, -0.2) is 24.5 Å². The summed E-state index contributed by atoms with van der Waals surface area (Å²) in [6, 6.07) is 14.9. The summed E-state index contributed by atoms with van der Waals surface area (Å²) >= 11 is 0. The van der Waals surface area contributed by atoms with Gasteiger partial charge in [-0.3, -0.25) is 4.99 Å². The summed E-state index contributed by atoms with van der Waals surface area (Å²) in [5.74, 6) is 1.08. The first-order valence-corrected chi connectivity index (χ1v) is 10.1. The van der Waals surface area contributed by atoms with Gasteiger partial charge in [-0.25, -0.2) is 0 Å². The minimum Gasteiger partial charge on any atom is -0.371 e. The van der Waals surface area contributed by atoms with Crippen LogP contribution in [0.3, 0.4) is 0 Å². The van der Waals surface area contributed by atoms with Gasteiger partial charge in [0.15, 0.2) is 0 Å². The molecule has 0 unspecified atom stereocenters. The van der Waals surface area contributed by atoms with Gasteiger partial charge in [-0.2, -0.15) is 0 Å². The molecule has 27 heavy (non-hydrogen) atoms. The Hall–Kier alpha value is -2.33. The lowest BCUT2D eigenvalue weighted by Gasteiger charge is -2.44. The second kappa shape index (κ2) is 8.57. The van der Waals surface area contributed by atoms with Gasteiger partial charge in [-0.05, 0) is 68.6 Å². The molecule has 0 bridgehead atoms. The van der Waals surface area contributed by atoms with E-state index < -0.39 is 0 Å². The molecule has 144 valence electrons. The fourth-order valence-electron chi connectivity index (χ4n) is 3.82. The lowest BCUT2D eigenvalue weighted by atomic mass is 9.84. The highest BCUT2D eigenvalue weighted by molar-refractivity contribution is 6.09. The predicted molar refractivity (Wildman–Crippen MR) is 117 cm³/mol. The van der Waals surface area contributed by atoms with Crippen molar-refractivity contribution < 1.29 is 0 Å². The van der Waals surface area contributed by atoms with Crippen molar-refractivity contribution in [2.45, 2.75) is 52.6 Å². The Balaban J connectivity index is 0.00000102. The molecule has 0 amide bonds. The van der Waals surface area contributed by atoms with E-state index in [0.29, 0.717) is 0 Å². The van der Waals surface area contributed by atoms with Gasteiger partial charge >= 0.3 is 0 Å². The maximum atomic E-state index is 5.05. The molecule has 1 saturated heterocycles. The van der Waals surface area contributed by atoms with Crippen LogP contribution in [0.4, 0.5) is 11.4 Å². The number of rotatable bonds is 2. The number of hydrogen-bond acceptors (Lipinski definition) is 3. The third kappa shape index (κ3) is 4.01. The zero-order valence-electron chi connectivity index (χ0n) is 17.0. The Labute approximate surface area is 163 Å². The lowest BCUT2D eigenvalue weighted by Crippen LogP contribution is -2.57. The maximum absolute atomic E-state index is 5.05. The summed E-state index contributed by atoms with van der Waals surface area (Å²) in [6.07, 6.45) is 2.08. The van der Waals surface area contributed by atoms with Crippen LogP contribution in [0.2, 0.25) is 0 Å². The summed E-state index contributed by atoms with van der Waals surface area (Å²) in [4.78, 5) is 5.05. The zero-order chi connectivity index (χ0) is 19.3. The van der Waals surface area contributed by atoms with Crippen molar-refractivity contribution in [3.63, 3.8) is 0 Å². The first-order valence-electron chi connectivity index (χ1n) is 10.1. The van der Waals surface area contributed by atoms with Gasteiger partial charge in [0.1, 0.15) is 5.84 Å². The van der Waals surface area contributed by atoms with E-state index in [-0.39, 0.29) is 5.54 Å². The molecule has 0 saturated carbocycles. The van der Waals surface area contributed by atoms with Crippen LogP contribution in [0.15, 0.2) is 47.5 Å². The molecule has 1 fully saturated rings. The Morgan fingerprint density at radius 3 is 2.37 bits per heavy atom. The van der Waals surface area contributed by atoms with Gasteiger partial charge in [0.25, 0.3) is 0 Å². The second-order valence-electron chi connectivity index (χ2n) is 7.15. The second-order valence-corrected chi connectivity index (χ2v) is 7.15. The molecule has 1 spiro atoms. The summed E-state index contributed by atoms with van der Waals surface area (Å²) in [6.45, 7) is 11.1. The number of nitrogens with zero attached hydrogens (tertiary/aromatic N) is 1. The molecule has 4 heteroatoms. The fraction of sp³-hybridized carbons (Fsp3) is 0.435. The molecule has 2 aromatic carbocycles. The van der Waals surface area contributed by atoms with Crippen LogP contribution in [0.25, 0.3) is 0 Å². The normalized spacial score (nSPS) is 18.7. The van der Waals surface area contributed by atoms with E-state index in [1.54, 1.807) is 0 Å². The minimum absolute atomic E-state index is 0.0860. The van der Waals surface area contributed by atoms with Crippen LogP contribution in [0.1, 0.15) is 43.4 Å². The number of aryl methyl sites for hydroxylation is 1. The van der Waals surface area contributed by atoms with Crippen molar-refractivity contribution in [1.82, 2.24) is 5.32 Å². The molecule has 0 atom stereocenters. The summed E-state index contributed by atoms with van der Waals surface area (Å²) in [5.41, 5.74) is 6.18. The minimum atomic E-state index is -0.0860. The molecular weight excluding hydrogens is 332 g/mol. The van der Waals surface area contributed by atoms with E-state index >= 15 is 0 Å². The molecule has 0 aliphatic carbocycles. The van der Waals surface area contributed by atoms with Crippen LogP contribution in [-0.2, 0) is 6.54 Å². The number of fused-ring (bicyclic) bond motifs is 1. The predicted octanol–water partition coefficient (Wildman–Crippen LogP) is 4.89. The Bertz CT molecular complexity index is 804. The number of amidine groups is 1. The quantitative estimate of drug-likeness (QED) is 0.711. The van der Waals surface area contributed by atoms with Crippen molar-refractivity contribution in [3.05, 3.63) is 59.2 Å². The fourth-order valence-corrected chi connectivity index (χ4v) is 3.82. The first-order chi connectivity index (χ1) is 13.2. The number of aliphatic imine (C=N–C) groups is 1. The number of nitrogens with one attached hydrogen (secondary N) is 3. The van der Waals surface area contributed by atoms with Gasteiger partial charge in [0.05, 0.1) is 23.5 Å². The maximum Gasteiger partial charge on any atom is 0.127 e. The monoisotopic (exact) mass is 364 g/mol. The molecule has 0 aromatic heterocycles. The molecule has 2 aliphatic heterocycles. The number of piperidine rings is 1. The van der Waals surface area contributed by atoms with Crippen molar-refractivity contribution in [1.29, 1.82) is 0 Å². The average molecular weight is 365 g/mol. The first kappa shape index (κ1) is 19.4. The van der Waals surface area contributed by atoms with Gasteiger partial charge in [0.2, 0.25) is 0 Å². The van der Waals surface area contributed by atoms with E-state index in [1.165, 1.54) is 22.4 Å². The molecule has 4 nitrogen and oxygen atoms in total. The molecule has 0 radical (unpaired) electrons. The standard InChI is InChI=1S/C21H26N4.C2H6/c1-15-6-5-7-17(16(15)2)14-23-20-21(10-12-22-13-11-21)25-19-9-4-3-8-18(19)24-20;1-2/h3-9,22,25H,10-14H2,1-2H3,(H,23,24);1-2H3. The molecule has 2 heterocycles. The van der Waals surface area contributed by atoms with Gasteiger partial charge in [-0.15, -0.1) is 0 Å². The molecule has 2 aliphatic rings. The molecule has 3 N–H and O–H groups in total. The van der Waals surface area contributed by atoms with Crippen molar-refractivity contribution >= 4 is 17.2 Å². The third-order valence-electron chi connectivity index (χ3n) is 5.59. The van der Waals surface area contributed by atoms with Gasteiger partial charge < -0.3 is 16.0 Å². The molecular formula is C23H32N4. The lowest BCUT2D eigenvalue weighted by molar-refractivity contribution is 0.419. The van der Waals surface area contributed by atoms with E-state index in [4.69, 9.17) is 4.99 Å². The SMILES string of the molecule is CC.Cc1cccc(CN=C2Nc3ccccc3NC23CCNCC3)c1C. The number of benzene rings is 2. The van der Waals surface area contributed by atoms with E-state index in [2.05, 4.69) is 72.3 Å². The van der Waals surface area contributed by atoms with Crippen molar-refractivity contribution in [2.75, 3.05) is 23.7 Å². The Kier molecular flexibility index (Phi) is 6.17. The van der Waals surface area contributed by atoms with Crippen molar-refractivity contribution in [3.8, 4) is 0 Å². The van der Waals surface area contributed by atoms with Crippen LogP contribution in [0.5, 0.6) is 0 Å². The summed E-state index contributed by atoms with van der Waals surface area (Å²) < 4.78 is 0. The number of hydrogen-bond donors (Lipinski definition) is 3. The highest BCUT2D eigenvalue weighted by atomic mass is 15.2. The number of para-hydroxylation sites is 2. The Morgan fingerprint density at radius 1 is 0.926 bits per heavy atom. The van der Waals surface area contributed by atoms with Crippen molar-refractivity contribution in [2.24, 2.45) is 4.99 Å². The third-order valence-corrected chi connectivity index (χ3v) is 5.59. The topological polar surface area (TPSA) is 48.5 Å².